The van der Waals surface area contributed by atoms with Crippen LogP contribution in [0, 0.1) is 0 Å². The molecule has 2 heterocycles. The zero-order valence-electron chi connectivity index (χ0n) is 15.8. The molecule has 2 aromatic carbocycles. The van der Waals surface area contributed by atoms with Gasteiger partial charge in [-0.05, 0) is 55.3 Å². The van der Waals surface area contributed by atoms with E-state index in [1.807, 2.05) is 43.3 Å². The van der Waals surface area contributed by atoms with Crippen molar-refractivity contribution in [2.45, 2.75) is 13.3 Å². The summed E-state index contributed by atoms with van der Waals surface area (Å²) in [7, 11) is 0. The quantitative estimate of drug-likeness (QED) is 0.415. The molecule has 0 aliphatic rings. The van der Waals surface area contributed by atoms with E-state index in [4.69, 9.17) is 4.74 Å². The lowest BCUT2D eigenvalue weighted by Crippen LogP contribution is -2.07. The predicted molar refractivity (Wildman–Crippen MR) is 113 cm³/mol. The lowest BCUT2D eigenvalue weighted by atomic mass is 10.1. The molecule has 4 aromatic rings. The van der Waals surface area contributed by atoms with Crippen LogP contribution in [0.5, 0.6) is 5.75 Å². The number of anilines is 3. The van der Waals surface area contributed by atoms with Crippen LogP contribution in [-0.2, 0) is 6.42 Å². The van der Waals surface area contributed by atoms with Crippen molar-refractivity contribution in [3.63, 3.8) is 0 Å². The Kier molecular flexibility index (Phi) is 5.38. The van der Waals surface area contributed by atoms with Gasteiger partial charge in [0.2, 0.25) is 5.95 Å². The minimum absolute atomic E-state index is 0.557. The van der Waals surface area contributed by atoms with Gasteiger partial charge < -0.3 is 20.4 Å². The number of fused-ring (bicyclic) bond motifs is 1. The average molecular weight is 373 g/mol. The first-order chi connectivity index (χ1) is 13.8. The third-order valence-corrected chi connectivity index (χ3v) is 4.45. The summed E-state index contributed by atoms with van der Waals surface area (Å²) < 4.78 is 5.46. The van der Waals surface area contributed by atoms with E-state index < -0.39 is 0 Å². The van der Waals surface area contributed by atoms with Crippen molar-refractivity contribution in [3.8, 4) is 5.75 Å². The first-order valence-electron chi connectivity index (χ1n) is 9.43. The number of hydrogen-bond acceptors (Lipinski definition) is 5. The smallest absolute Gasteiger partial charge is 0.229 e. The molecule has 4 rings (SSSR count). The first kappa shape index (κ1) is 17.9. The highest BCUT2D eigenvalue weighted by atomic mass is 16.5. The van der Waals surface area contributed by atoms with E-state index in [1.165, 1.54) is 16.5 Å². The Balaban J connectivity index is 1.35. The lowest BCUT2D eigenvalue weighted by Gasteiger charge is -2.09. The Morgan fingerprint density at radius 1 is 1.04 bits per heavy atom. The van der Waals surface area contributed by atoms with E-state index in [-0.39, 0.29) is 0 Å². The molecule has 0 saturated heterocycles. The maximum atomic E-state index is 5.46. The minimum Gasteiger partial charge on any atom is -0.494 e. The normalized spacial score (nSPS) is 10.8. The maximum absolute atomic E-state index is 5.46. The Hall–Kier alpha value is -3.54. The molecule has 28 heavy (non-hydrogen) atoms. The highest BCUT2D eigenvalue weighted by Gasteiger charge is 2.04. The fourth-order valence-electron chi connectivity index (χ4n) is 3.11. The van der Waals surface area contributed by atoms with Gasteiger partial charge >= 0.3 is 0 Å². The molecule has 0 aliphatic carbocycles. The van der Waals surface area contributed by atoms with E-state index in [9.17, 15) is 0 Å². The third-order valence-electron chi connectivity index (χ3n) is 4.45. The molecule has 6 heteroatoms. The second kappa shape index (κ2) is 8.43. The van der Waals surface area contributed by atoms with Gasteiger partial charge in [-0.1, -0.05) is 18.2 Å². The number of ether oxygens (including phenoxy) is 1. The van der Waals surface area contributed by atoms with Crippen molar-refractivity contribution in [2.75, 3.05) is 23.8 Å². The summed E-state index contributed by atoms with van der Waals surface area (Å²) in [4.78, 5) is 12.1. The number of aromatic amines is 1. The van der Waals surface area contributed by atoms with Crippen molar-refractivity contribution in [2.24, 2.45) is 0 Å². The van der Waals surface area contributed by atoms with E-state index in [2.05, 4.69) is 50.0 Å². The van der Waals surface area contributed by atoms with Crippen LogP contribution >= 0.6 is 0 Å². The average Bonchev–Trinajstić information content (AvgIpc) is 3.13. The van der Waals surface area contributed by atoms with Gasteiger partial charge in [0.05, 0.1) is 6.61 Å². The molecular weight excluding hydrogens is 350 g/mol. The van der Waals surface area contributed by atoms with Gasteiger partial charge in [-0.15, -0.1) is 0 Å². The number of H-pyrrole nitrogens is 1. The number of aromatic nitrogens is 3. The Labute approximate surface area is 164 Å². The van der Waals surface area contributed by atoms with Gasteiger partial charge in [-0.25, -0.2) is 4.98 Å². The van der Waals surface area contributed by atoms with E-state index in [1.54, 1.807) is 6.20 Å². The summed E-state index contributed by atoms with van der Waals surface area (Å²) in [6.45, 7) is 3.42. The molecular formula is C22H23N5O. The Morgan fingerprint density at radius 3 is 2.75 bits per heavy atom. The summed E-state index contributed by atoms with van der Waals surface area (Å²) in [5.41, 5.74) is 3.38. The molecule has 0 bridgehead atoms. The van der Waals surface area contributed by atoms with Gasteiger partial charge in [0.25, 0.3) is 0 Å². The molecule has 142 valence electrons. The molecule has 0 aliphatic heterocycles. The van der Waals surface area contributed by atoms with Crippen LogP contribution in [0.4, 0.5) is 17.5 Å². The van der Waals surface area contributed by atoms with Crippen molar-refractivity contribution < 1.29 is 4.74 Å². The van der Waals surface area contributed by atoms with Crippen molar-refractivity contribution in [1.82, 2.24) is 15.0 Å². The van der Waals surface area contributed by atoms with Crippen LogP contribution in [0.25, 0.3) is 10.9 Å². The standard InChI is InChI=1S/C22H23N5O/c1-2-28-18-9-7-17(8-10-18)26-22-24-14-12-21(27-22)23-13-11-16-15-25-20-6-4-3-5-19(16)20/h3-10,12,14-15,25H,2,11,13H2,1H3,(H2,23,24,26,27). The number of nitrogens with one attached hydrogen (secondary N) is 3. The van der Waals surface area contributed by atoms with Crippen LogP contribution in [0.3, 0.4) is 0 Å². The molecule has 2 aromatic heterocycles. The second-order valence-corrected chi connectivity index (χ2v) is 6.38. The Bertz CT molecular complexity index is 1040. The number of nitrogens with zero attached hydrogens (tertiary/aromatic N) is 2. The van der Waals surface area contributed by atoms with Gasteiger partial charge in [-0.2, -0.15) is 4.98 Å². The van der Waals surface area contributed by atoms with E-state index in [0.29, 0.717) is 12.6 Å². The van der Waals surface area contributed by atoms with Crippen LogP contribution in [0.2, 0.25) is 0 Å². The summed E-state index contributed by atoms with van der Waals surface area (Å²) in [5.74, 6) is 2.20. The first-order valence-corrected chi connectivity index (χ1v) is 9.43. The zero-order valence-corrected chi connectivity index (χ0v) is 15.8. The van der Waals surface area contributed by atoms with Crippen LogP contribution in [0.15, 0.2) is 67.0 Å². The number of para-hydroxylation sites is 1. The number of rotatable bonds is 8. The third kappa shape index (κ3) is 4.23. The summed E-state index contributed by atoms with van der Waals surface area (Å²) >= 11 is 0. The SMILES string of the molecule is CCOc1ccc(Nc2nccc(NCCc3c[nH]c4ccccc34)n2)cc1. The summed E-state index contributed by atoms with van der Waals surface area (Å²) in [5, 5.41) is 7.86. The number of benzene rings is 2. The summed E-state index contributed by atoms with van der Waals surface area (Å²) in [6.07, 6.45) is 4.73. The molecule has 0 spiro atoms. The minimum atomic E-state index is 0.557. The van der Waals surface area contributed by atoms with Crippen LogP contribution in [-0.4, -0.2) is 28.1 Å². The van der Waals surface area contributed by atoms with E-state index in [0.717, 1.165) is 30.2 Å². The molecule has 6 nitrogen and oxygen atoms in total. The van der Waals surface area contributed by atoms with Gasteiger partial charge in [0, 0.05) is 35.5 Å². The topological polar surface area (TPSA) is 74.9 Å². The fraction of sp³-hybridized carbons (Fsp3) is 0.182. The largest absolute Gasteiger partial charge is 0.494 e. The van der Waals surface area contributed by atoms with Crippen molar-refractivity contribution in [1.29, 1.82) is 0 Å². The molecule has 3 N–H and O–H groups in total. The van der Waals surface area contributed by atoms with Crippen molar-refractivity contribution >= 4 is 28.4 Å². The molecule has 0 fully saturated rings. The van der Waals surface area contributed by atoms with Gasteiger partial charge in [0.1, 0.15) is 11.6 Å². The molecule has 0 unspecified atom stereocenters. The monoisotopic (exact) mass is 373 g/mol. The fourth-order valence-corrected chi connectivity index (χ4v) is 3.11. The highest BCUT2D eigenvalue weighted by molar-refractivity contribution is 5.83. The summed E-state index contributed by atoms with van der Waals surface area (Å²) in [6, 6.07) is 18.0. The lowest BCUT2D eigenvalue weighted by molar-refractivity contribution is 0.340. The second-order valence-electron chi connectivity index (χ2n) is 6.38. The van der Waals surface area contributed by atoms with E-state index >= 15 is 0 Å². The number of hydrogen-bond donors (Lipinski definition) is 3. The highest BCUT2D eigenvalue weighted by Crippen LogP contribution is 2.20. The predicted octanol–water partition coefficient (Wildman–Crippen LogP) is 4.75. The van der Waals surface area contributed by atoms with Crippen LogP contribution in [0.1, 0.15) is 12.5 Å². The van der Waals surface area contributed by atoms with Crippen molar-refractivity contribution in [3.05, 3.63) is 72.6 Å². The van der Waals surface area contributed by atoms with Crippen LogP contribution < -0.4 is 15.4 Å². The zero-order chi connectivity index (χ0) is 19.2. The van der Waals surface area contributed by atoms with Gasteiger partial charge in [0.15, 0.2) is 0 Å². The maximum Gasteiger partial charge on any atom is 0.229 e. The molecule has 0 radical (unpaired) electrons. The Morgan fingerprint density at radius 2 is 1.89 bits per heavy atom. The molecule has 0 saturated carbocycles. The molecule has 0 atom stereocenters. The molecule has 0 amide bonds. The van der Waals surface area contributed by atoms with Gasteiger partial charge in [-0.3, -0.25) is 0 Å².